The molecule has 0 saturated heterocycles. The van der Waals surface area contributed by atoms with Gasteiger partial charge in [0.15, 0.2) is 0 Å². The van der Waals surface area contributed by atoms with Crippen molar-refractivity contribution in [1.29, 1.82) is 0 Å². The number of carboxylic acid groups (broad SMARTS) is 1. The lowest BCUT2D eigenvalue weighted by molar-refractivity contribution is -0.142. The van der Waals surface area contributed by atoms with Gasteiger partial charge in [-0.25, -0.2) is 4.79 Å². The molecular formula is C52H80O9. The maximum Gasteiger partial charge on any atom is 0.329 e. The first kappa shape index (κ1) is 51.7. The lowest BCUT2D eigenvalue weighted by atomic mass is 9.99. The van der Waals surface area contributed by atoms with Crippen LogP contribution in [0.4, 0.5) is 0 Å². The highest BCUT2D eigenvalue weighted by molar-refractivity contribution is 5.77. The molecule has 0 aliphatic rings. The van der Waals surface area contributed by atoms with Crippen LogP contribution in [0.3, 0.4) is 0 Å². The van der Waals surface area contributed by atoms with Crippen LogP contribution in [-0.4, -0.2) is 83.8 Å². The topological polar surface area (TPSA) is 102 Å². The summed E-state index contributed by atoms with van der Waals surface area (Å²) in [6.45, 7) is 8.78. The van der Waals surface area contributed by atoms with E-state index in [0.717, 1.165) is 65.6 Å². The van der Waals surface area contributed by atoms with Crippen LogP contribution in [0, 0.1) is 0 Å². The predicted octanol–water partition coefficient (Wildman–Crippen LogP) is 13.1. The highest BCUT2D eigenvalue weighted by atomic mass is 16.6. The molecule has 0 saturated carbocycles. The number of aliphatic carboxylic acids is 1. The first-order valence-electron chi connectivity index (χ1n) is 23.9. The Morgan fingerprint density at radius 3 is 1.21 bits per heavy atom. The number of unbranched alkanes of at least 4 members (excludes halogenated alkanes) is 18. The zero-order valence-corrected chi connectivity index (χ0v) is 38.0. The maximum atomic E-state index is 10.5. The Balaban J connectivity index is 1.46. The van der Waals surface area contributed by atoms with Gasteiger partial charge in [-0.15, -0.1) is 0 Å². The molecule has 0 amide bonds. The lowest BCUT2D eigenvalue weighted by Crippen LogP contribution is -2.15. The fourth-order valence-corrected chi connectivity index (χ4v) is 7.12. The largest absolute Gasteiger partial charge is 0.494 e. The monoisotopic (exact) mass is 849 g/mol. The van der Waals surface area contributed by atoms with Gasteiger partial charge >= 0.3 is 5.97 Å². The van der Waals surface area contributed by atoms with Crippen molar-refractivity contribution in [3.8, 4) is 39.5 Å². The molecule has 9 heteroatoms. The van der Waals surface area contributed by atoms with Crippen LogP contribution in [0.5, 0.6) is 17.2 Å². The van der Waals surface area contributed by atoms with Gasteiger partial charge in [-0.3, -0.25) is 0 Å². The zero-order chi connectivity index (χ0) is 43.3. The normalized spacial score (nSPS) is 11.2. The molecule has 0 radical (unpaired) electrons. The molecule has 0 spiro atoms. The second-order valence-corrected chi connectivity index (χ2v) is 16.0. The molecule has 342 valence electrons. The standard InChI is InChI=1S/C52H80O9/c1-3-5-7-9-11-13-15-17-19-21-33-59-48-28-23-45(24-29-48)47-27-32-50(46-25-30-49(31-26-46)60-34-22-20-18-16-14-12-10-8-6-4-2)51(43-47)61-42-41-57-38-37-55-35-36-56-39-40-58-44-52(53)54/h23-32,43H,3-22,33-42,44H2,1-2H3,(H,53,54). The molecule has 0 aromatic heterocycles. The number of carbonyl (C=O) groups is 1. The molecule has 0 atom stereocenters. The van der Waals surface area contributed by atoms with Crippen molar-refractivity contribution in [3.63, 3.8) is 0 Å². The van der Waals surface area contributed by atoms with Crippen molar-refractivity contribution >= 4 is 5.97 Å². The molecule has 3 aromatic rings. The Bertz CT molecular complexity index is 1480. The van der Waals surface area contributed by atoms with E-state index in [9.17, 15) is 4.79 Å². The van der Waals surface area contributed by atoms with E-state index in [0.29, 0.717) is 46.2 Å². The molecule has 0 aliphatic carbocycles. The van der Waals surface area contributed by atoms with E-state index in [1.165, 1.54) is 116 Å². The van der Waals surface area contributed by atoms with E-state index in [4.69, 9.17) is 38.3 Å². The summed E-state index contributed by atoms with van der Waals surface area (Å²) in [6.07, 6.45) is 26.2. The van der Waals surface area contributed by atoms with Gasteiger partial charge in [-0.1, -0.05) is 166 Å². The Kier molecular flexibility index (Phi) is 30.4. The van der Waals surface area contributed by atoms with Gasteiger partial charge in [0.25, 0.3) is 0 Å². The number of ether oxygens (including phenoxy) is 7. The Labute approximate surface area is 369 Å². The summed E-state index contributed by atoms with van der Waals surface area (Å²) >= 11 is 0. The Morgan fingerprint density at radius 2 is 0.770 bits per heavy atom. The van der Waals surface area contributed by atoms with Gasteiger partial charge in [-0.2, -0.15) is 0 Å². The third-order valence-corrected chi connectivity index (χ3v) is 10.7. The number of rotatable bonds is 41. The van der Waals surface area contributed by atoms with Crippen LogP contribution in [0.25, 0.3) is 22.3 Å². The van der Waals surface area contributed by atoms with Gasteiger partial charge in [0, 0.05) is 5.56 Å². The first-order valence-corrected chi connectivity index (χ1v) is 23.9. The van der Waals surface area contributed by atoms with E-state index in [-0.39, 0.29) is 13.2 Å². The summed E-state index contributed by atoms with van der Waals surface area (Å²) in [5, 5.41) is 8.59. The van der Waals surface area contributed by atoms with Crippen LogP contribution in [0.1, 0.15) is 142 Å². The number of hydrogen-bond acceptors (Lipinski definition) is 8. The van der Waals surface area contributed by atoms with Crippen molar-refractivity contribution in [3.05, 3.63) is 66.7 Å². The van der Waals surface area contributed by atoms with Crippen molar-refractivity contribution in [1.82, 2.24) is 0 Å². The molecular weight excluding hydrogens is 769 g/mol. The second kappa shape index (κ2) is 35.9. The summed E-state index contributed by atoms with van der Waals surface area (Å²) in [5.74, 6) is 1.59. The summed E-state index contributed by atoms with van der Waals surface area (Å²) in [5.41, 5.74) is 4.25. The molecule has 0 fully saturated rings. The van der Waals surface area contributed by atoms with E-state index >= 15 is 0 Å². The summed E-state index contributed by atoms with van der Waals surface area (Å²) in [4.78, 5) is 10.5. The average Bonchev–Trinajstić information content (AvgIpc) is 3.28. The summed E-state index contributed by atoms with van der Waals surface area (Å²) in [6, 6.07) is 23.1. The minimum atomic E-state index is -0.991. The first-order chi connectivity index (χ1) is 30.1. The third kappa shape index (κ3) is 25.8. The molecule has 61 heavy (non-hydrogen) atoms. The maximum absolute atomic E-state index is 10.5. The van der Waals surface area contributed by atoms with E-state index in [1.807, 2.05) is 0 Å². The summed E-state index contributed by atoms with van der Waals surface area (Å²) < 4.78 is 40.3. The van der Waals surface area contributed by atoms with E-state index < -0.39 is 5.97 Å². The van der Waals surface area contributed by atoms with Crippen molar-refractivity contribution in [2.24, 2.45) is 0 Å². The Morgan fingerprint density at radius 1 is 0.393 bits per heavy atom. The quantitative estimate of drug-likeness (QED) is 0.0559. The molecule has 1 N–H and O–H groups in total. The van der Waals surface area contributed by atoms with Gasteiger partial charge in [0.2, 0.25) is 0 Å². The van der Waals surface area contributed by atoms with Crippen LogP contribution < -0.4 is 14.2 Å². The van der Waals surface area contributed by atoms with Crippen molar-refractivity contribution in [2.45, 2.75) is 142 Å². The second-order valence-electron chi connectivity index (χ2n) is 16.0. The fraction of sp³-hybridized carbons (Fsp3) is 0.635. The minimum Gasteiger partial charge on any atom is -0.494 e. The number of benzene rings is 3. The van der Waals surface area contributed by atoms with Crippen LogP contribution in [-0.2, 0) is 23.7 Å². The minimum absolute atomic E-state index is 0.236. The smallest absolute Gasteiger partial charge is 0.329 e. The highest BCUT2D eigenvalue weighted by Gasteiger charge is 2.11. The average molecular weight is 849 g/mol. The molecule has 3 rings (SSSR count). The van der Waals surface area contributed by atoms with Crippen LogP contribution in [0.15, 0.2) is 66.7 Å². The fourth-order valence-electron chi connectivity index (χ4n) is 7.12. The van der Waals surface area contributed by atoms with Gasteiger partial charge in [-0.05, 0) is 59.9 Å². The molecule has 0 heterocycles. The number of hydrogen-bond donors (Lipinski definition) is 1. The number of carboxylic acids is 1. The molecule has 9 nitrogen and oxygen atoms in total. The van der Waals surface area contributed by atoms with Gasteiger partial charge in [0.05, 0.1) is 59.5 Å². The zero-order valence-electron chi connectivity index (χ0n) is 38.0. The third-order valence-electron chi connectivity index (χ3n) is 10.7. The van der Waals surface area contributed by atoms with Gasteiger partial charge < -0.3 is 38.3 Å². The highest BCUT2D eigenvalue weighted by Crippen LogP contribution is 2.36. The Hall–Kier alpha value is -3.63. The molecule has 0 unspecified atom stereocenters. The lowest BCUT2D eigenvalue weighted by Gasteiger charge is -2.15. The van der Waals surface area contributed by atoms with Crippen LogP contribution in [0.2, 0.25) is 0 Å². The molecule has 3 aromatic carbocycles. The van der Waals surface area contributed by atoms with Crippen LogP contribution >= 0.6 is 0 Å². The van der Waals surface area contributed by atoms with E-state index in [2.05, 4.69) is 80.6 Å². The SMILES string of the molecule is CCCCCCCCCCCCOc1ccc(-c2ccc(-c3ccc(OCCCCCCCCCCCC)cc3)c(OCCOCCOCCOCCOCC(=O)O)c2)cc1. The van der Waals surface area contributed by atoms with Gasteiger partial charge in [0.1, 0.15) is 30.5 Å². The van der Waals surface area contributed by atoms with Crippen molar-refractivity contribution in [2.75, 3.05) is 72.7 Å². The molecule has 0 aliphatic heterocycles. The van der Waals surface area contributed by atoms with Crippen molar-refractivity contribution < 1.29 is 43.1 Å². The van der Waals surface area contributed by atoms with E-state index in [1.54, 1.807) is 0 Å². The predicted molar refractivity (Wildman–Crippen MR) is 248 cm³/mol. The summed E-state index contributed by atoms with van der Waals surface area (Å²) in [7, 11) is 0. The molecule has 0 bridgehead atoms.